The molecule has 108 valence electrons. The van der Waals surface area contributed by atoms with E-state index in [0.29, 0.717) is 16.5 Å². The Morgan fingerprint density at radius 3 is 2.80 bits per heavy atom. The number of imidazole rings is 1. The fourth-order valence-corrected chi connectivity index (χ4v) is 2.29. The molecule has 20 heavy (non-hydrogen) atoms. The number of carbonyl (C=O) groups excluding carboxylic acids is 1. The minimum Gasteiger partial charge on any atom is -0.444 e. The van der Waals surface area contributed by atoms with E-state index in [0.717, 1.165) is 0 Å². The fourth-order valence-electron chi connectivity index (χ4n) is 1.58. The molecule has 2 aromatic heterocycles. The SMILES string of the molecule is CSc1nc2c(Cl)nccn2c1NC(=O)OC(C)(C)C. The van der Waals surface area contributed by atoms with Crippen LogP contribution in [0.15, 0.2) is 17.4 Å². The average molecular weight is 315 g/mol. The number of nitrogens with one attached hydrogen (secondary N) is 1. The van der Waals surface area contributed by atoms with E-state index < -0.39 is 11.7 Å². The van der Waals surface area contributed by atoms with Crippen LogP contribution in [0.5, 0.6) is 0 Å². The first-order valence-electron chi connectivity index (χ1n) is 5.88. The van der Waals surface area contributed by atoms with Crippen LogP contribution in [0.1, 0.15) is 20.8 Å². The molecule has 2 aromatic rings. The van der Waals surface area contributed by atoms with Gasteiger partial charge in [0.15, 0.2) is 16.6 Å². The zero-order valence-corrected chi connectivity index (χ0v) is 13.2. The zero-order valence-electron chi connectivity index (χ0n) is 11.6. The van der Waals surface area contributed by atoms with Crippen molar-refractivity contribution in [1.82, 2.24) is 14.4 Å². The van der Waals surface area contributed by atoms with Crippen LogP contribution in [0.4, 0.5) is 10.6 Å². The predicted molar refractivity (Wildman–Crippen MR) is 79.6 cm³/mol. The minimum absolute atomic E-state index is 0.278. The number of ether oxygens (including phenoxy) is 1. The van der Waals surface area contributed by atoms with Crippen LogP contribution in [0, 0.1) is 0 Å². The Labute approximate surface area is 125 Å². The third kappa shape index (κ3) is 3.16. The summed E-state index contributed by atoms with van der Waals surface area (Å²) in [4.78, 5) is 20.2. The highest BCUT2D eigenvalue weighted by Crippen LogP contribution is 2.28. The molecule has 0 radical (unpaired) electrons. The van der Waals surface area contributed by atoms with Crippen LogP contribution < -0.4 is 5.32 Å². The lowest BCUT2D eigenvalue weighted by atomic mass is 10.2. The molecule has 0 aliphatic carbocycles. The molecular weight excluding hydrogens is 300 g/mol. The lowest BCUT2D eigenvalue weighted by Crippen LogP contribution is -2.27. The number of aromatic nitrogens is 3. The molecule has 0 spiro atoms. The van der Waals surface area contributed by atoms with Gasteiger partial charge in [0.1, 0.15) is 10.6 Å². The second-order valence-electron chi connectivity index (χ2n) is 5.01. The summed E-state index contributed by atoms with van der Waals surface area (Å²) in [6.45, 7) is 5.41. The minimum atomic E-state index is -0.566. The van der Waals surface area contributed by atoms with Crippen LogP contribution in [-0.2, 0) is 4.74 Å². The molecule has 0 saturated heterocycles. The molecular formula is C12H15ClN4O2S. The number of hydrogen-bond donors (Lipinski definition) is 1. The monoisotopic (exact) mass is 314 g/mol. The summed E-state index contributed by atoms with van der Waals surface area (Å²) in [5, 5.41) is 3.62. The molecule has 0 saturated carbocycles. The number of anilines is 1. The molecule has 6 nitrogen and oxygen atoms in total. The van der Waals surface area contributed by atoms with E-state index in [9.17, 15) is 4.79 Å². The van der Waals surface area contributed by atoms with E-state index in [2.05, 4.69) is 15.3 Å². The lowest BCUT2D eigenvalue weighted by molar-refractivity contribution is 0.0634. The fraction of sp³-hybridized carbons (Fsp3) is 0.417. The van der Waals surface area contributed by atoms with Gasteiger partial charge < -0.3 is 4.74 Å². The highest BCUT2D eigenvalue weighted by molar-refractivity contribution is 7.98. The Morgan fingerprint density at radius 1 is 1.50 bits per heavy atom. The molecule has 0 aromatic carbocycles. The predicted octanol–water partition coefficient (Wildman–Crippen LogP) is 3.45. The maximum Gasteiger partial charge on any atom is 0.413 e. The van der Waals surface area contributed by atoms with Crippen LogP contribution in [0.3, 0.4) is 0 Å². The van der Waals surface area contributed by atoms with Crippen molar-refractivity contribution < 1.29 is 9.53 Å². The number of fused-ring (bicyclic) bond motifs is 1. The molecule has 0 aliphatic rings. The van der Waals surface area contributed by atoms with Gasteiger partial charge in [-0.05, 0) is 27.0 Å². The average Bonchev–Trinajstić information content (AvgIpc) is 2.67. The highest BCUT2D eigenvalue weighted by Gasteiger charge is 2.20. The van der Waals surface area contributed by atoms with Gasteiger partial charge in [-0.3, -0.25) is 9.72 Å². The van der Waals surface area contributed by atoms with Gasteiger partial charge in [0.25, 0.3) is 0 Å². The number of rotatable bonds is 2. The maximum absolute atomic E-state index is 11.9. The molecule has 0 fully saturated rings. The molecule has 0 bridgehead atoms. The van der Waals surface area contributed by atoms with Gasteiger partial charge in [-0.2, -0.15) is 0 Å². The molecule has 1 N–H and O–H groups in total. The Balaban J connectivity index is 2.38. The largest absolute Gasteiger partial charge is 0.444 e. The number of halogens is 1. The van der Waals surface area contributed by atoms with E-state index in [1.807, 2.05) is 6.26 Å². The second-order valence-corrected chi connectivity index (χ2v) is 6.16. The first kappa shape index (κ1) is 14.9. The summed E-state index contributed by atoms with van der Waals surface area (Å²) in [6.07, 6.45) is 4.55. The van der Waals surface area contributed by atoms with Crippen molar-refractivity contribution in [3.05, 3.63) is 17.5 Å². The number of carbonyl (C=O) groups is 1. The first-order valence-corrected chi connectivity index (χ1v) is 7.48. The summed E-state index contributed by atoms with van der Waals surface area (Å²) in [5.74, 6) is 0.519. The molecule has 8 heteroatoms. The third-order valence-corrected chi connectivity index (χ3v) is 3.22. The molecule has 0 unspecified atom stereocenters. The summed E-state index contributed by atoms with van der Waals surface area (Å²) in [7, 11) is 0. The van der Waals surface area contributed by atoms with E-state index in [-0.39, 0.29) is 5.15 Å². The molecule has 1 amide bonds. The molecule has 0 atom stereocenters. The number of amides is 1. The quantitative estimate of drug-likeness (QED) is 0.860. The smallest absolute Gasteiger partial charge is 0.413 e. The normalized spacial score (nSPS) is 11.7. The van der Waals surface area contributed by atoms with Crippen LogP contribution in [0.2, 0.25) is 5.15 Å². The van der Waals surface area contributed by atoms with Crippen LogP contribution in [-0.4, -0.2) is 32.3 Å². The van der Waals surface area contributed by atoms with Gasteiger partial charge in [-0.1, -0.05) is 11.6 Å². The number of hydrogen-bond acceptors (Lipinski definition) is 5. The van der Waals surface area contributed by atoms with Crippen molar-refractivity contribution in [2.24, 2.45) is 0 Å². The Kier molecular flexibility index (Phi) is 4.10. The van der Waals surface area contributed by atoms with Crippen LogP contribution >= 0.6 is 23.4 Å². The standard InChI is InChI=1S/C12H15ClN4O2S/c1-12(2,3)19-11(18)16-9-10(20-4)15-8-7(13)14-5-6-17(8)9/h5-6H,1-4H3,(H,16,18). The van der Waals surface area contributed by atoms with Gasteiger partial charge in [-0.15, -0.1) is 11.8 Å². The molecule has 2 heterocycles. The van der Waals surface area contributed by atoms with Crippen molar-refractivity contribution in [1.29, 1.82) is 0 Å². The van der Waals surface area contributed by atoms with Gasteiger partial charge in [-0.25, -0.2) is 14.8 Å². The van der Waals surface area contributed by atoms with Gasteiger partial charge in [0.2, 0.25) is 0 Å². The first-order chi connectivity index (χ1) is 9.31. The lowest BCUT2D eigenvalue weighted by Gasteiger charge is -2.19. The summed E-state index contributed by atoms with van der Waals surface area (Å²) < 4.78 is 6.91. The summed E-state index contributed by atoms with van der Waals surface area (Å²) in [6, 6.07) is 0. The van der Waals surface area contributed by atoms with E-state index in [1.165, 1.54) is 11.8 Å². The second kappa shape index (κ2) is 5.49. The van der Waals surface area contributed by atoms with E-state index in [1.54, 1.807) is 37.6 Å². The van der Waals surface area contributed by atoms with Crippen LogP contribution in [0.25, 0.3) is 5.65 Å². The maximum atomic E-state index is 11.9. The van der Waals surface area contributed by atoms with Crippen molar-refractivity contribution in [2.45, 2.75) is 31.4 Å². The summed E-state index contributed by atoms with van der Waals surface area (Å²) in [5.41, 5.74) is -0.0758. The van der Waals surface area contributed by atoms with E-state index >= 15 is 0 Å². The number of nitrogens with zero attached hydrogens (tertiary/aromatic N) is 3. The van der Waals surface area contributed by atoms with Crippen molar-refractivity contribution in [2.75, 3.05) is 11.6 Å². The molecule has 0 aliphatic heterocycles. The Morgan fingerprint density at radius 2 is 2.20 bits per heavy atom. The van der Waals surface area contributed by atoms with Gasteiger partial charge >= 0.3 is 6.09 Å². The topological polar surface area (TPSA) is 68.5 Å². The third-order valence-electron chi connectivity index (χ3n) is 2.28. The van der Waals surface area contributed by atoms with Crippen molar-refractivity contribution >= 4 is 40.9 Å². The van der Waals surface area contributed by atoms with Crippen molar-refractivity contribution in [3.8, 4) is 0 Å². The Bertz CT molecular complexity index is 651. The molecule has 2 rings (SSSR count). The van der Waals surface area contributed by atoms with Gasteiger partial charge in [0, 0.05) is 12.4 Å². The highest BCUT2D eigenvalue weighted by atomic mass is 35.5. The number of thioether (sulfide) groups is 1. The van der Waals surface area contributed by atoms with E-state index in [4.69, 9.17) is 16.3 Å². The zero-order chi connectivity index (χ0) is 14.9. The van der Waals surface area contributed by atoms with Crippen molar-refractivity contribution in [3.63, 3.8) is 0 Å². The Hall–Kier alpha value is -1.47. The van der Waals surface area contributed by atoms with Gasteiger partial charge in [0.05, 0.1) is 0 Å². The summed E-state index contributed by atoms with van der Waals surface area (Å²) >= 11 is 7.40.